The van der Waals surface area contributed by atoms with Crippen molar-refractivity contribution in [1.29, 1.82) is 0 Å². The highest BCUT2D eigenvalue weighted by Crippen LogP contribution is 2.38. The first kappa shape index (κ1) is 12.8. The maximum Gasteiger partial charge on any atom is 0.241 e. The fourth-order valence-corrected chi connectivity index (χ4v) is 1.91. The minimum absolute atomic E-state index is 0.0443. The lowest BCUT2D eigenvalue weighted by molar-refractivity contribution is -0.125. The van der Waals surface area contributed by atoms with Gasteiger partial charge < -0.3 is 16.2 Å². The first-order valence-electron chi connectivity index (χ1n) is 5.91. The van der Waals surface area contributed by atoms with E-state index in [-0.39, 0.29) is 18.3 Å². The Bertz CT molecular complexity index is 474. The zero-order valence-corrected chi connectivity index (χ0v) is 10.3. The summed E-state index contributed by atoms with van der Waals surface area (Å²) in [5.41, 5.74) is 10.9. The van der Waals surface area contributed by atoms with Crippen LogP contribution in [0, 0.1) is 18.7 Å². The number of primary amides is 1. The summed E-state index contributed by atoms with van der Waals surface area (Å²) in [5.74, 6) is -0.920. The van der Waals surface area contributed by atoms with E-state index in [2.05, 4.69) is 0 Å². The summed E-state index contributed by atoms with van der Waals surface area (Å²) in [4.78, 5) is 11.4. The minimum Gasteiger partial charge on any atom is -0.488 e. The van der Waals surface area contributed by atoms with Crippen molar-refractivity contribution in [3.8, 4) is 5.75 Å². The summed E-state index contributed by atoms with van der Waals surface area (Å²) in [5, 5.41) is 0. The highest BCUT2D eigenvalue weighted by atomic mass is 19.1. The molecule has 98 valence electrons. The minimum atomic E-state index is -1.20. The van der Waals surface area contributed by atoms with Gasteiger partial charge in [-0.3, -0.25) is 4.79 Å². The van der Waals surface area contributed by atoms with E-state index in [1.54, 1.807) is 12.1 Å². The molecule has 0 saturated heterocycles. The van der Waals surface area contributed by atoms with Crippen LogP contribution in [0.3, 0.4) is 0 Å². The first-order valence-corrected chi connectivity index (χ1v) is 5.91. The Balaban J connectivity index is 2.10. The molecule has 0 radical (unpaired) electrons. The summed E-state index contributed by atoms with van der Waals surface area (Å²) in [7, 11) is 0. The van der Waals surface area contributed by atoms with Crippen molar-refractivity contribution in [2.75, 3.05) is 6.61 Å². The molecule has 18 heavy (non-hydrogen) atoms. The van der Waals surface area contributed by atoms with Crippen LogP contribution >= 0.6 is 0 Å². The number of carbonyl (C=O) groups excluding carboxylic acids is 1. The van der Waals surface area contributed by atoms with Gasteiger partial charge >= 0.3 is 0 Å². The summed E-state index contributed by atoms with van der Waals surface area (Å²) in [6, 6.07) is 4.54. The van der Waals surface area contributed by atoms with E-state index < -0.39 is 17.3 Å². The van der Waals surface area contributed by atoms with Crippen molar-refractivity contribution >= 4 is 5.91 Å². The highest BCUT2D eigenvalue weighted by molar-refractivity contribution is 5.85. The number of hydrogen-bond donors (Lipinski definition) is 2. The van der Waals surface area contributed by atoms with Crippen molar-refractivity contribution < 1.29 is 13.9 Å². The van der Waals surface area contributed by atoms with E-state index in [9.17, 15) is 9.18 Å². The topological polar surface area (TPSA) is 78.3 Å². The predicted octanol–water partition coefficient (Wildman–Crippen LogP) is 1.11. The molecule has 4 N–H and O–H groups in total. The van der Waals surface area contributed by atoms with Crippen LogP contribution < -0.4 is 16.2 Å². The molecule has 5 heteroatoms. The van der Waals surface area contributed by atoms with Gasteiger partial charge in [-0.05, 0) is 43.4 Å². The molecular formula is C13H17FN2O2. The Morgan fingerprint density at radius 3 is 2.78 bits per heavy atom. The van der Waals surface area contributed by atoms with Gasteiger partial charge in [0, 0.05) is 0 Å². The third-order valence-electron chi connectivity index (χ3n) is 3.32. The Morgan fingerprint density at radius 1 is 1.56 bits per heavy atom. The molecule has 0 bridgehead atoms. The lowest BCUT2D eigenvalue weighted by Crippen LogP contribution is -2.58. The Labute approximate surface area is 105 Å². The second kappa shape index (κ2) is 4.57. The number of aryl methyl sites for hydroxylation is 1. The van der Waals surface area contributed by atoms with Crippen LogP contribution in [0.25, 0.3) is 0 Å². The van der Waals surface area contributed by atoms with Crippen molar-refractivity contribution in [1.82, 2.24) is 0 Å². The van der Waals surface area contributed by atoms with Gasteiger partial charge in [-0.2, -0.15) is 0 Å². The maximum atomic E-state index is 13.5. The monoisotopic (exact) mass is 252 g/mol. The van der Waals surface area contributed by atoms with Crippen molar-refractivity contribution in [3.63, 3.8) is 0 Å². The number of halogens is 1. The summed E-state index contributed by atoms with van der Waals surface area (Å²) >= 11 is 0. The van der Waals surface area contributed by atoms with Gasteiger partial charge in [-0.15, -0.1) is 0 Å². The Hall–Kier alpha value is -1.62. The zero-order valence-electron chi connectivity index (χ0n) is 10.3. The third-order valence-corrected chi connectivity index (χ3v) is 3.32. The van der Waals surface area contributed by atoms with Crippen molar-refractivity contribution in [2.45, 2.75) is 25.3 Å². The van der Waals surface area contributed by atoms with Gasteiger partial charge in [0.15, 0.2) is 11.6 Å². The molecule has 1 aliphatic carbocycles. The van der Waals surface area contributed by atoms with Crippen LogP contribution in [0.4, 0.5) is 4.39 Å². The smallest absolute Gasteiger partial charge is 0.241 e. The molecule has 0 spiro atoms. The average molecular weight is 252 g/mol. The van der Waals surface area contributed by atoms with Gasteiger partial charge in [-0.1, -0.05) is 6.07 Å². The molecule has 1 aromatic rings. The van der Waals surface area contributed by atoms with Crippen molar-refractivity contribution in [2.24, 2.45) is 17.4 Å². The van der Waals surface area contributed by atoms with E-state index in [1.807, 2.05) is 6.92 Å². The lowest BCUT2D eigenvalue weighted by atomic mass is 9.95. The van der Waals surface area contributed by atoms with Gasteiger partial charge in [0.1, 0.15) is 12.1 Å². The largest absolute Gasteiger partial charge is 0.488 e. The fourth-order valence-electron chi connectivity index (χ4n) is 1.91. The average Bonchev–Trinajstić information content (AvgIpc) is 3.14. The molecule has 4 nitrogen and oxygen atoms in total. The molecule has 1 atom stereocenters. The van der Waals surface area contributed by atoms with Crippen LogP contribution in [0.5, 0.6) is 5.75 Å². The standard InChI is InChI=1S/C13H17FN2O2/c1-8-2-5-10(14)11(6-8)18-7-13(16,12(15)17)9-3-4-9/h2,5-6,9H,3-4,7,16H2,1H3,(H2,15,17). The summed E-state index contributed by atoms with van der Waals surface area (Å²) in [6.07, 6.45) is 1.72. The molecule has 0 aliphatic heterocycles. The van der Waals surface area contributed by atoms with Crippen LogP contribution in [0.2, 0.25) is 0 Å². The van der Waals surface area contributed by atoms with Gasteiger partial charge in [-0.25, -0.2) is 4.39 Å². The first-order chi connectivity index (χ1) is 8.43. The number of hydrogen-bond acceptors (Lipinski definition) is 3. The SMILES string of the molecule is Cc1ccc(F)c(OCC(N)(C(N)=O)C2CC2)c1. The van der Waals surface area contributed by atoms with E-state index >= 15 is 0 Å². The molecule has 1 amide bonds. The van der Waals surface area contributed by atoms with Gasteiger partial charge in [0.25, 0.3) is 0 Å². The molecule has 1 unspecified atom stereocenters. The number of benzene rings is 1. The molecule has 1 fully saturated rings. The van der Waals surface area contributed by atoms with Gasteiger partial charge in [0.2, 0.25) is 5.91 Å². The van der Waals surface area contributed by atoms with Crippen molar-refractivity contribution in [3.05, 3.63) is 29.6 Å². The number of rotatable bonds is 5. The van der Waals surface area contributed by atoms with E-state index in [0.717, 1.165) is 18.4 Å². The molecule has 1 aromatic carbocycles. The number of amides is 1. The van der Waals surface area contributed by atoms with Crippen LogP contribution in [-0.4, -0.2) is 18.1 Å². The Morgan fingerprint density at radius 2 is 2.22 bits per heavy atom. The molecule has 0 aromatic heterocycles. The van der Waals surface area contributed by atoms with E-state index in [1.165, 1.54) is 6.07 Å². The second-order valence-electron chi connectivity index (χ2n) is 4.90. The molecule has 0 heterocycles. The molecule has 1 saturated carbocycles. The normalized spacial score (nSPS) is 18.2. The fraction of sp³-hybridized carbons (Fsp3) is 0.462. The Kier molecular flexibility index (Phi) is 3.26. The summed E-state index contributed by atoms with van der Waals surface area (Å²) in [6.45, 7) is 1.74. The second-order valence-corrected chi connectivity index (χ2v) is 4.90. The third kappa shape index (κ3) is 2.46. The van der Waals surface area contributed by atoms with Crippen LogP contribution in [0.15, 0.2) is 18.2 Å². The quantitative estimate of drug-likeness (QED) is 0.823. The van der Waals surface area contributed by atoms with E-state index in [0.29, 0.717) is 0 Å². The van der Waals surface area contributed by atoms with E-state index in [4.69, 9.17) is 16.2 Å². The zero-order chi connectivity index (χ0) is 13.3. The molecule has 2 rings (SSSR count). The molecule has 1 aliphatic rings. The number of nitrogens with two attached hydrogens (primary N) is 2. The summed E-state index contributed by atoms with van der Waals surface area (Å²) < 4.78 is 18.8. The number of ether oxygens (including phenoxy) is 1. The number of carbonyl (C=O) groups is 1. The van der Waals surface area contributed by atoms with Crippen LogP contribution in [0.1, 0.15) is 18.4 Å². The predicted molar refractivity (Wildman–Crippen MR) is 65.5 cm³/mol. The molecular weight excluding hydrogens is 235 g/mol. The maximum absolute atomic E-state index is 13.5. The highest BCUT2D eigenvalue weighted by Gasteiger charge is 2.47. The van der Waals surface area contributed by atoms with Gasteiger partial charge in [0.05, 0.1) is 0 Å². The van der Waals surface area contributed by atoms with Crippen LogP contribution in [-0.2, 0) is 4.79 Å². The lowest BCUT2D eigenvalue weighted by Gasteiger charge is -2.25.